The summed E-state index contributed by atoms with van der Waals surface area (Å²) in [6.07, 6.45) is -4.86. The lowest BCUT2D eigenvalue weighted by Crippen LogP contribution is -2.58. The van der Waals surface area contributed by atoms with Crippen LogP contribution in [-0.4, -0.2) is 35.5 Å². The van der Waals surface area contributed by atoms with Crippen molar-refractivity contribution in [2.24, 2.45) is 0 Å². The van der Waals surface area contributed by atoms with E-state index in [2.05, 4.69) is 15.6 Å². The molecule has 0 aliphatic rings. The van der Waals surface area contributed by atoms with Gasteiger partial charge >= 0.3 is 6.18 Å². The summed E-state index contributed by atoms with van der Waals surface area (Å²) < 4.78 is 42.1. The summed E-state index contributed by atoms with van der Waals surface area (Å²) in [5, 5.41) is 17.0. The molecule has 0 spiro atoms. The number of likely N-dealkylation sites (N-methyl/N-ethyl adjacent to an activating group) is 1. The monoisotopic (exact) mass is 403 g/mol. The molecule has 1 aromatic heterocycles. The highest BCUT2D eigenvalue weighted by Gasteiger charge is 2.58. The third-order valence-corrected chi connectivity index (χ3v) is 5.00. The fourth-order valence-corrected chi connectivity index (χ4v) is 3.41. The molecular formula is C22H24F3N3O. The number of alkyl halides is 3. The van der Waals surface area contributed by atoms with E-state index < -0.39 is 24.4 Å². The molecule has 0 aliphatic carbocycles. The van der Waals surface area contributed by atoms with Crippen molar-refractivity contribution in [3.05, 3.63) is 71.4 Å². The maximum atomic E-state index is 14.0. The Morgan fingerprint density at radius 1 is 1.00 bits per heavy atom. The average molecular weight is 403 g/mol. The molecule has 0 aliphatic heterocycles. The Morgan fingerprint density at radius 2 is 1.69 bits per heavy atom. The average Bonchev–Trinajstić information content (AvgIpc) is 2.66. The zero-order valence-corrected chi connectivity index (χ0v) is 16.5. The quantitative estimate of drug-likeness (QED) is 0.567. The second-order valence-corrected chi connectivity index (χ2v) is 7.27. The first-order chi connectivity index (χ1) is 13.7. The topological polar surface area (TPSA) is 57.2 Å². The highest BCUT2D eigenvalue weighted by atomic mass is 19.4. The number of anilines is 1. The Labute approximate surface area is 167 Å². The van der Waals surface area contributed by atoms with E-state index >= 15 is 0 Å². The minimum absolute atomic E-state index is 0.336. The van der Waals surface area contributed by atoms with E-state index in [0.29, 0.717) is 22.2 Å². The van der Waals surface area contributed by atoms with E-state index in [4.69, 9.17) is 0 Å². The van der Waals surface area contributed by atoms with Crippen molar-refractivity contribution in [2.45, 2.75) is 31.7 Å². The van der Waals surface area contributed by atoms with Gasteiger partial charge in [0.2, 0.25) is 0 Å². The van der Waals surface area contributed by atoms with Crippen LogP contribution in [0.4, 0.5) is 18.9 Å². The number of rotatable bonds is 6. The van der Waals surface area contributed by atoms with Gasteiger partial charge in [0.1, 0.15) is 0 Å². The Kier molecular flexibility index (Phi) is 5.82. The molecular weight excluding hydrogens is 379 g/mol. The standard InChI is InChI=1S/C22H24F3N3O/c1-14-7-10-16(11-8-14)20(21(29,13-26-3)22(23,24)25)28-19-6-4-5-18-17(19)12-9-15(2)27-18/h4-12,20,26,28-29H,13H2,1-3H3. The molecule has 29 heavy (non-hydrogen) atoms. The molecule has 3 rings (SSSR count). The van der Waals surface area contributed by atoms with E-state index in [1.165, 1.54) is 7.05 Å². The molecule has 2 unspecified atom stereocenters. The van der Waals surface area contributed by atoms with Crippen molar-refractivity contribution in [3.8, 4) is 0 Å². The normalized spacial score (nSPS) is 15.1. The minimum atomic E-state index is -4.86. The molecule has 7 heteroatoms. The second kappa shape index (κ2) is 8.00. The number of fused-ring (bicyclic) bond motifs is 1. The molecule has 0 saturated carbocycles. The number of aromatic nitrogens is 1. The van der Waals surface area contributed by atoms with Gasteiger partial charge in [0.15, 0.2) is 5.60 Å². The number of pyridine rings is 1. The van der Waals surface area contributed by atoms with Crippen LogP contribution in [0, 0.1) is 13.8 Å². The SMILES string of the molecule is CNCC(O)(C(Nc1cccc2nc(C)ccc12)c1ccc(C)cc1)C(F)(F)F. The first kappa shape index (κ1) is 21.1. The molecule has 2 aromatic carbocycles. The van der Waals surface area contributed by atoms with Gasteiger partial charge < -0.3 is 15.7 Å². The van der Waals surface area contributed by atoms with Crippen LogP contribution in [0.3, 0.4) is 0 Å². The lowest BCUT2D eigenvalue weighted by atomic mass is 9.86. The van der Waals surface area contributed by atoms with Crippen molar-refractivity contribution in [1.29, 1.82) is 0 Å². The van der Waals surface area contributed by atoms with Crippen LogP contribution >= 0.6 is 0 Å². The van der Waals surface area contributed by atoms with Gasteiger partial charge in [0.05, 0.1) is 11.6 Å². The van der Waals surface area contributed by atoms with Crippen molar-refractivity contribution in [2.75, 3.05) is 18.9 Å². The van der Waals surface area contributed by atoms with Crippen molar-refractivity contribution < 1.29 is 18.3 Å². The van der Waals surface area contributed by atoms with Crippen LogP contribution in [0.2, 0.25) is 0 Å². The summed E-state index contributed by atoms with van der Waals surface area (Å²) in [6.45, 7) is 3.04. The van der Waals surface area contributed by atoms with Gasteiger partial charge in [-0.2, -0.15) is 13.2 Å². The molecule has 154 valence electrons. The van der Waals surface area contributed by atoms with Crippen LogP contribution in [0.1, 0.15) is 22.9 Å². The number of nitrogens with one attached hydrogen (secondary N) is 2. The molecule has 0 saturated heterocycles. The first-order valence-corrected chi connectivity index (χ1v) is 9.29. The molecule has 0 radical (unpaired) electrons. The number of benzene rings is 2. The van der Waals surface area contributed by atoms with Crippen LogP contribution < -0.4 is 10.6 Å². The number of aliphatic hydroxyl groups is 1. The van der Waals surface area contributed by atoms with E-state index in [0.717, 1.165) is 11.3 Å². The van der Waals surface area contributed by atoms with E-state index in [9.17, 15) is 18.3 Å². The van der Waals surface area contributed by atoms with Gasteiger partial charge in [0, 0.05) is 23.3 Å². The van der Waals surface area contributed by atoms with Gasteiger partial charge in [-0.15, -0.1) is 0 Å². The Hall–Kier alpha value is -2.64. The number of hydrogen-bond donors (Lipinski definition) is 3. The molecule has 2 atom stereocenters. The number of halogens is 3. The molecule has 1 heterocycles. The molecule has 3 aromatic rings. The maximum absolute atomic E-state index is 14.0. The molecule has 0 bridgehead atoms. The predicted molar refractivity (Wildman–Crippen MR) is 109 cm³/mol. The fraction of sp³-hybridized carbons (Fsp3) is 0.318. The molecule has 0 fully saturated rings. The zero-order valence-electron chi connectivity index (χ0n) is 16.5. The summed E-state index contributed by atoms with van der Waals surface area (Å²) in [5.41, 5.74) is 0.175. The predicted octanol–water partition coefficient (Wildman–Crippen LogP) is 4.52. The van der Waals surface area contributed by atoms with Crippen LogP contribution in [-0.2, 0) is 0 Å². The van der Waals surface area contributed by atoms with Gasteiger partial charge in [-0.25, -0.2) is 0 Å². The first-order valence-electron chi connectivity index (χ1n) is 9.29. The van der Waals surface area contributed by atoms with Gasteiger partial charge in [0.25, 0.3) is 0 Å². The summed E-state index contributed by atoms with van der Waals surface area (Å²) in [5.74, 6) is 0. The second-order valence-electron chi connectivity index (χ2n) is 7.27. The van der Waals surface area contributed by atoms with Crippen molar-refractivity contribution in [1.82, 2.24) is 10.3 Å². The summed E-state index contributed by atoms with van der Waals surface area (Å²) in [4.78, 5) is 4.44. The minimum Gasteiger partial charge on any atom is -0.378 e. The van der Waals surface area contributed by atoms with E-state index in [1.54, 1.807) is 48.5 Å². The lowest BCUT2D eigenvalue weighted by Gasteiger charge is -2.39. The maximum Gasteiger partial charge on any atom is 0.420 e. The largest absolute Gasteiger partial charge is 0.420 e. The molecule has 3 N–H and O–H groups in total. The highest BCUT2D eigenvalue weighted by Crippen LogP contribution is 2.42. The number of nitrogens with zero attached hydrogens (tertiary/aromatic N) is 1. The summed E-state index contributed by atoms with van der Waals surface area (Å²) in [7, 11) is 1.38. The fourth-order valence-electron chi connectivity index (χ4n) is 3.41. The number of hydrogen-bond acceptors (Lipinski definition) is 4. The summed E-state index contributed by atoms with van der Waals surface area (Å²) in [6, 6.07) is 14.1. The van der Waals surface area contributed by atoms with E-state index in [-0.39, 0.29) is 0 Å². The Balaban J connectivity index is 2.15. The third kappa shape index (κ3) is 4.21. The zero-order chi connectivity index (χ0) is 21.2. The van der Waals surface area contributed by atoms with Crippen LogP contribution in [0.25, 0.3) is 10.9 Å². The van der Waals surface area contributed by atoms with E-state index in [1.807, 2.05) is 19.9 Å². The lowest BCUT2D eigenvalue weighted by molar-refractivity contribution is -0.264. The van der Waals surface area contributed by atoms with Crippen molar-refractivity contribution >= 4 is 16.6 Å². The van der Waals surface area contributed by atoms with Crippen molar-refractivity contribution in [3.63, 3.8) is 0 Å². The highest BCUT2D eigenvalue weighted by molar-refractivity contribution is 5.91. The van der Waals surface area contributed by atoms with Gasteiger partial charge in [-0.05, 0) is 50.7 Å². The third-order valence-electron chi connectivity index (χ3n) is 5.00. The summed E-state index contributed by atoms with van der Waals surface area (Å²) >= 11 is 0. The smallest absolute Gasteiger partial charge is 0.378 e. The molecule has 0 amide bonds. The van der Waals surface area contributed by atoms with Gasteiger partial charge in [-0.1, -0.05) is 35.9 Å². The Bertz CT molecular complexity index is 989. The van der Waals surface area contributed by atoms with Crippen LogP contribution in [0.15, 0.2) is 54.6 Å². The van der Waals surface area contributed by atoms with Crippen LogP contribution in [0.5, 0.6) is 0 Å². The Morgan fingerprint density at radius 3 is 2.31 bits per heavy atom. The van der Waals surface area contributed by atoms with Gasteiger partial charge in [-0.3, -0.25) is 4.98 Å². The number of aryl methyl sites for hydroxylation is 2. The molecule has 4 nitrogen and oxygen atoms in total.